The van der Waals surface area contributed by atoms with E-state index in [1.165, 1.54) is 11.3 Å². The first-order valence-electron chi connectivity index (χ1n) is 7.34. The molecule has 0 spiro atoms. The smallest absolute Gasteiger partial charge is 0.0378 e. The number of piperazine rings is 1. The van der Waals surface area contributed by atoms with Crippen LogP contribution in [0.4, 0.5) is 5.69 Å². The molecule has 3 nitrogen and oxygen atoms in total. The van der Waals surface area contributed by atoms with Crippen LogP contribution in [0.3, 0.4) is 0 Å². The van der Waals surface area contributed by atoms with Crippen molar-refractivity contribution in [3.05, 3.63) is 28.2 Å². The lowest BCUT2D eigenvalue weighted by Gasteiger charge is -2.43. The Morgan fingerprint density at radius 3 is 2.20 bits per heavy atom. The van der Waals surface area contributed by atoms with Gasteiger partial charge in [0, 0.05) is 47.9 Å². The van der Waals surface area contributed by atoms with Crippen molar-refractivity contribution in [1.29, 1.82) is 0 Å². The summed E-state index contributed by atoms with van der Waals surface area (Å²) in [5, 5.41) is 0. The predicted octanol–water partition coefficient (Wildman–Crippen LogP) is 3.39. The van der Waals surface area contributed by atoms with Crippen molar-refractivity contribution < 1.29 is 0 Å². The monoisotopic (exact) mass is 339 g/mol. The minimum absolute atomic E-state index is 0.0659. The Morgan fingerprint density at radius 1 is 1.15 bits per heavy atom. The first-order valence-corrected chi connectivity index (χ1v) is 8.13. The molecular formula is C16H26BrN3. The average molecular weight is 340 g/mol. The molecule has 0 aliphatic carbocycles. The highest BCUT2D eigenvalue weighted by Crippen LogP contribution is 2.28. The predicted molar refractivity (Wildman–Crippen MR) is 90.3 cm³/mol. The molecule has 1 saturated heterocycles. The van der Waals surface area contributed by atoms with E-state index in [9.17, 15) is 0 Å². The Morgan fingerprint density at radius 2 is 1.75 bits per heavy atom. The van der Waals surface area contributed by atoms with Gasteiger partial charge in [0.15, 0.2) is 0 Å². The molecule has 2 rings (SSSR count). The summed E-state index contributed by atoms with van der Waals surface area (Å²) in [6.07, 6.45) is 0. The summed E-state index contributed by atoms with van der Waals surface area (Å²) >= 11 is 3.64. The van der Waals surface area contributed by atoms with E-state index in [4.69, 9.17) is 5.73 Å². The maximum absolute atomic E-state index is 5.96. The first kappa shape index (κ1) is 15.8. The van der Waals surface area contributed by atoms with Gasteiger partial charge in [-0.15, -0.1) is 0 Å². The normalized spacial score (nSPS) is 19.2. The number of hydrogen-bond donors (Lipinski definition) is 1. The SMILES string of the molecule is C[C@@H](N)c1ccc(N2CCN(C(C)(C)C)CC2)cc1Br. The van der Waals surface area contributed by atoms with Crippen LogP contribution >= 0.6 is 15.9 Å². The molecule has 1 aliphatic heterocycles. The second-order valence-corrected chi connectivity index (χ2v) is 7.49. The fraction of sp³-hybridized carbons (Fsp3) is 0.625. The standard InChI is InChI=1S/C16H26BrN3/c1-12(18)14-6-5-13(11-15(14)17)19-7-9-20(10-8-19)16(2,3)4/h5-6,11-12H,7-10,18H2,1-4H3/t12-/m1/s1. The van der Waals surface area contributed by atoms with Crippen molar-refractivity contribution in [2.24, 2.45) is 5.73 Å². The first-order chi connectivity index (χ1) is 9.29. The van der Waals surface area contributed by atoms with Crippen LogP contribution in [-0.4, -0.2) is 36.6 Å². The molecular weight excluding hydrogens is 314 g/mol. The molecule has 1 aliphatic rings. The quantitative estimate of drug-likeness (QED) is 0.896. The number of rotatable bonds is 2. The van der Waals surface area contributed by atoms with E-state index in [1.807, 2.05) is 6.92 Å². The number of hydrogen-bond acceptors (Lipinski definition) is 3. The van der Waals surface area contributed by atoms with Gasteiger partial charge in [-0.25, -0.2) is 0 Å². The van der Waals surface area contributed by atoms with Crippen molar-refractivity contribution >= 4 is 21.6 Å². The van der Waals surface area contributed by atoms with Crippen LogP contribution in [0, 0.1) is 0 Å². The summed E-state index contributed by atoms with van der Waals surface area (Å²) in [6, 6.07) is 6.60. The van der Waals surface area contributed by atoms with Gasteiger partial charge in [0.25, 0.3) is 0 Å². The van der Waals surface area contributed by atoms with Gasteiger partial charge >= 0.3 is 0 Å². The van der Waals surface area contributed by atoms with Crippen LogP contribution < -0.4 is 10.6 Å². The van der Waals surface area contributed by atoms with Crippen molar-refractivity contribution in [3.8, 4) is 0 Å². The maximum atomic E-state index is 5.96. The van der Waals surface area contributed by atoms with E-state index in [-0.39, 0.29) is 11.6 Å². The number of benzene rings is 1. The van der Waals surface area contributed by atoms with Gasteiger partial charge < -0.3 is 10.6 Å². The van der Waals surface area contributed by atoms with Crippen LogP contribution in [0.15, 0.2) is 22.7 Å². The lowest BCUT2D eigenvalue weighted by atomic mass is 10.0. The van der Waals surface area contributed by atoms with Crippen LogP contribution in [0.2, 0.25) is 0 Å². The molecule has 2 N–H and O–H groups in total. The number of anilines is 1. The third-order valence-corrected chi connectivity index (χ3v) is 4.75. The van der Waals surface area contributed by atoms with E-state index < -0.39 is 0 Å². The summed E-state index contributed by atoms with van der Waals surface area (Å²) in [4.78, 5) is 5.01. The summed E-state index contributed by atoms with van der Waals surface area (Å²) < 4.78 is 1.11. The lowest BCUT2D eigenvalue weighted by molar-refractivity contribution is 0.128. The zero-order chi connectivity index (χ0) is 14.9. The molecule has 0 radical (unpaired) electrons. The second kappa shape index (κ2) is 6.04. The highest BCUT2D eigenvalue weighted by Gasteiger charge is 2.26. The van der Waals surface area contributed by atoms with Crippen molar-refractivity contribution in [3.63, 3.8) is 0 Å². The van der Waals surface area contributed by atoms with Gasteiger partial charge in [-0.05, 0) is 45.4 Å². The molecule has 4 heteroatoms. The molecule has 1 fully saturated rings. The van der Waals surface area contributed by atoms with Gasteiger partial charge in [0.05, 0.1) is 0 Å². The highest BCUT2D eigenvalue weighted by atomic mass is 79.9. The van der Waals surface area contributed by atoms with E-state index in [0.717, 1.165) is 30.7 Å². The van der Waals surface area contributed by atoms with Gasteiger partial charge in [-0.3, -0.25) is 4.90 Å². The molecule has 0 saturated carbocycles. The Kier molecular flexibility index (Phi) is 4.77. The van der Waals surface area contributed by atoms with E-state index in [2.05, 4.69) is 64.7 Å². The molecule has 0 unspecified atom stereocenters. The zero-order valence-corrected chi connectivity index (χ0v) is 14.6. The Balaban J connectivity index is 2.06. The fourth-order valence-corrected chi connectivity index (χ4v) is 3.45. The van der Waals surface area contributed by atoms with Gasteiger partial charge in [-0.2, -0.15) is 0 Å². The summed E-state index contributed by atoms with van der Waals surface area (Å²) in [6.45, 7) is 13.3. The topological polar surface area (TPSA) is 32.5 Å². The van der Waals surface area contributed by atoms with Gasteiger partial charge in [0.1, 0.15) is 0 Å². The summed E-state index contributed by atoms with van der Waals surface area (Å²) in [7, 11) is 0. The molecule has 1 aromatic carbocycles. The van der Waals surface area contributed by atoms with Crippen molar-refractivity contribution in [1.82, 2.24) is 4.90 Å². The third-order valence-electron chi connectivity index (χ3n) is 4.07. The molecule has 1 heterocycles. The van der Waals surface area contributed by atoms with Crippen LogP contribution in [0.25, 0.3) is 0 Å². The highest BCUT2D eigenvalue weighted by molar-refractivity contribution is 9.10. The average Bonchev–Trinajstić information content (AvgIpc) is 2.37. The molecule has 0 aromatic heterocycles. The summed E-state index contributed by atoms with van der Waals surface area (Å²) in [5.41, 5.74) is 8.68. The van der Waals surface area contributed by atoms with Gasteiger partial charge in [0.2, 0.25) is 0 Å². The van der Waals surface area contributed by atoms with Crippen LogP contribution in [-0.2, 0) is 0 Å². The van der Waals surface area contributed by atoms with E-state index in [0.29, 0.717) is 0 Å². The van der Waals surface area contributed by atoms with E-state index >= 15 is 0 Å². The Hall–Kier alpha value is -0.580. The maximum Gasteiger partial charge on any atom is 0.0378 e. The van der Waals surface area contributed by atoms with Gasteiger partial charge in [-0.1, -0.05) is 22.0 Å². The number of halogens is 1. The van der Waals surface area contributed by atoms with Crippen LogP contribution in [0.5, 0.6) is 0 Å². The number of nitrogens with zero attached hydrogens (tertiary/aromatic N) is 2. The molecule has 1 aromatic rings. The molecule has 0 amide bonds. The lowest BCUT2D eigenvalue weighted by Crippen LogP contribution is -2.53. The fourth-order valence-electron chi connectivity index (χ4n) is 2.72. The molecule has 112 valence electrons. The summed E-state index contributed by atoms with van der Waals surface area (Å²) in [5.74, 6) is 0. The minimum atomic E-state index is 0.0659. The molecule has 0 bridgehead atoms. The largest absolute Gasteiger partial charge is 0.369 e. The zero-order valence-electron chi connectivity index (χ0n) is 13.0. The Labute approximate surface area is 131 Å². The minimum Gasteiger partial charge on any atom is -0.369 e. The molecule has 1 atom stereocenters. The van der Waals surface area contributed by atoms with Crippen LogP contribution in [0.1, 0.15) is 39.3 Å². The molecule has 20 heavy (non-hydrogen) atoms. The second-order valence-electron chi connectivity index (χ2n) is 6.64. The third kappa shape index (κ3) is 3.54. The Bertz CT molecular complexity index is 457. The van der Waals surface area contributed by atoms with E-state index in [1.54, 1.807) is 0 Å². The number of nitrogens with two attached hydrogens (primary N) is 1. The van der Waals surface area contributed by atoms with Crippen molar-refractivity contribution in [2.45, 2.75) is 39.3 Å². The van der Waals surface area contributed by atoms with Crippen molar-refractivity contribution in [2.75, 3.05) is 31.1 Å².